The highest BCUT2D eigenvalue weighted by Gasteiger charge is 2.14. The number of rotatable bonds is 4. The van der Waals surface area contributed by atoms with Crippen LogP contribution in [-0.2, 0) is 6.54 Å². The van der Waals surface area contributed by atoms with Crippen LogP contribution in [0.1, 0.15) is 27.2 Å². The molecule has 0 unspecified atom stereocenters. The lowest BCUT2D eigenvalue weighted by atomic mass is 9.92. The summed E-state index contributed by atoms with van der Waals surface area (Å²) in [5.74, 6) is 0. The van der Waals surface area contributed by atoms with Gasteiger partial charge < -0.3 is 4.57 Å². The molecule has 0 amide bonds. The van der Waals surface area contributed by atoms with E-state index in [1.165, 1.54) is 27.2 Å². The van der Waals surface area contributed by atoms with Crippen molar-refractivity contribution in [1.29, 1.82) is 0 Å². The molecule has 1 nitrogen and oxygen atoms in total. The summed E-state index contributed by atoms with van der Waals surface area (Å²) in [5.41, 5.74) is 1.69. The summed E-state index contributed by atoms with van der Waals surface area (Å²) < 4.78 is 2.47. The molecule has 0 saturated carbocycles. The molecule has 2 heteroatoms. The maximum atomic E-state index is 2.47. The van der Waals surface area contributed by atoms with Crippen molar-refractivity contribution in [3.63, 3.8) is 0 Å². The normalized spacial score (nSPS) is 12.0. The Morgan fingerprint density at radius 2 is 1.59 bits per heavy atom. The van der Waals surface area contributed by atoms with Gasteiger partial charge in [-0.05, 0) is 36.1 Å². The Balaban J connectivity index is 1.97. The first-order valence-corrected chi connectivity index (χ1v) is 8.66. The van der Waals surface area contributed by atoms with Crippen LogP contribution >= 0.6 is 11.8 Å². The van der Waals surface area contributed by atoms with Crippen molar-refractivity contribution in [3.8, 4) is 0 Å². The molecule has 3 aromatic rings. The smallest absolute Gasteiger partial charge is 0.0807 e. The number of para-hydroxylation sites is 1. The average molecular weight is 309 g/mol. The Bertz CT molecular complexity index is 750. The van der Waals surface area contributed by atoms with Crippen LogP contribution in [0.25, 0.3) is 10.9 Å². The van der Waals surface area contributed by atoms with Crippen LogP contribution in [0.15, 0.2) is 70.6 Å². The predicted octanol–water partition coefficient (Wildman–Crippen LogP) is 6.23. The first kappa shape index (κ1) is 15.2. The van der Waals surface area contributed by atoms with Crippen molar-refractivity contribution < 1.29 is 0 Å². The number of nitrogens with zero attached hydrogens (tertiary/aromatic N) is 1. The van der Waals surface area contributed by atoms with Gasteiger partial charge in [-0.15, -0.1) is 0 Å². The zero-order valence-electron chi connectivity index (χ0n) is 13.5. The molecular weight excluding hydrogens is 286 g/mol. The van der Waals surface area contributed by atoms with Gasteiger partial charge in [-0.1, -0.05) is 68.9 Å². The first-order chi connectivity index (χ1) is 10.5. The summed E-state index contributed by atoms with van der Waals surface area (Å²) in [5, 5.41) is 2.66. The third-order valence-corrected chi connectivity index (χ3v) is 4.88. The molecule has 22 heavy (non-hydrogen) atoms. The van der Waals surface area contributed by atoms with E-state index in [1.807, 2.05) is 11.8 Å². The van der Waals surface area contributed by atoms with Crippen LogP contribution in [0.3, 0.4) is 0 Å². The number of benzene rings is 2. The van der Waals surface area contributed by atoms with Crippen molar-refractivity contribution in [1.82, 2.24) is 4.57 Å². The van der Waals surface area contributed by atoms with E-state index in [1.54, 1.807) is 0 Å². The Labute approximate surface area is 137 Å². The van der Waals surface area contributed by atoms with Crippen LogP contribution in [0.4, 0.5) is 0 Å². The van der Waals surface area contributed by atoms with Gasteiger partial charge in [-0.2, -0.15) is 0 Å². The summed E-state index contributed by atoms with van der Waals surface area (Å²) in [6.45, 7) is 7.99. The Hall–Kier alpha value is -1.67. The van der Waals surface area contributed by atoms with Gasteiger partial charge in [0.2, 0.25) is 0 Å². The minimum Gasteiger partial charge on any atom is -0.335 e. The van der Waals surface area contributed by atoms with Gasteiger partial charge >= 0.3 is 0 Å². The summed E-state index contributed by atoms with van der Waals surface area (Å²) in [6.07, 6.45) is 1.17. The highest BCUT2D eigenvalue weighted by molar-refractivity contribution is 7.99. The van der Waals surface area contributed by atoms with Gasteiger partial charge in [-0.3, -0.25) is 0 Å². The van der Waals surface area contributed by atoms with Gasteiger partial charge in [0.1, 0.15) is 0 Å². The van der Waals surface area contributed by atoms with Crippen molar-refractivity contribution >= 4 is 22.7 Å². The summed E-state index contributed by atoms with van der Waals surface area (Å²) in [6, 6.07) is 21.6. The van der Waals surface area contributed by atoms with Crippen LogP contribution < -0.4 is 0 Å². The Kier molecular flexibility index (Phi) is 4.30. The van der Waals surface area contributed by atoms with E-state index in [0.29, 0.717) is 5.41 Å². The molecule has 114 valence electrons. The molecule has 0 fully saturated rings. The third kappa shape index (κ3) is 3.56. The molecule has 0 bridgehead atoms. The molecule has 0 radical (unpaired) electrons. The topological polar surface area (TPSA) is 4.93 Å². The lowest BCUT2D eigenvalue weighted by Gasteiger charge is -2.20. The van der Waals surface area contributed by atoms with E-state index >= 15 is 0 Å². The number of aromatic nitrogens is 1. The molecule has 3 rings (SSSR count). The van der Waals surface area contributed by atoms with Gasteiger partial charge in [0.05, 0.1) is 5.03 Å². The molecule has 0 spiro atoms. The van der Waals surface area contributed by atoms with E-state index in [9.17, 15) is 0 Å². The number of aryl methyl sites for hydroxylation is 1. The van der Waals surface area contributed by atoms with Crippen molar-refractivity contribution in [2.75, 3.05) is 0 Å². The molecule has 1 aromatic heterocycles. The fourth-order valence-electron chi connectivity index (χ4n) is 2.56. The fourth-order valence-corrected chi connectivity index (χ4v) is 3.58. The summed E-state index contributed by atoms with van der Waals surface area (Å²) >= 11 is 1.85. The van der Waals surface area contributed by atoms with Gasteiger partial charge in [0.25, 0.3) is 0 Å². The highest BCUT2D eigenvalue weighted by Crippen LogP contribution is 2.34. The van der Waals surface area contributed by atoms with Crippen LogP contribution in [-0.4, -0.2) is 4.57 Å². The second kappa shape index (κ2) is 6.21. The largest absolute Gasteiger partial charge is 0.335 e. The summed E-state index contributed by atoms with van der Waals surface area (Å²) in [4.78, 5) is 1.29. The van der Waals surface area contributed by atoms with Crippen molar-refractivity contribution in [2.24, 2.45) is 5.41 Å². The second-order valence-corrected chi connectivity index (χ2v) is 8.01. The molecule has 0 N–H and O–H groups in total. The van der Waals surface area contributed by atoms with Gasteiger partial charge in [0.15, 0.2) is 0 Å². The average Bonchev–Trinajstić information content (AvgIpc) is 2.82. The molecular formula is C20H23NS. The van der Waals surface area contributed by atoms with Crippen LogP contribution in [0, 0.1) is 5.41 Å². The molecule has 0 aliphatic rings. The van der Waals surface area contributed by atoms with E-state index in [4.69, 9.17) is 0 Å². The standard InChI is InChI=1S/C20H23NS/c1-20(2,3)13-14-21-18-12-8-7-9-16(18)15-19(21)22-17-10-5-4-6-11-17/h4-12,15H,13-14H2,1-3H3. The van der Waals surface area contributed by atoms with Crippen LogP contribution in [0.2, 0.25) is 0 Å². The van der Waals surface area contributed by atoms with Crippen LogP contribution in [0.5, 0.6) is 0 Å². The molecule has 0 saturated heterocycles. The molecule has 0 aliphatic heterocycles. The molecule has 1 heterocycles. The second-order valence-electron chi connectivity index (χ2n) is 6.92. The van der Waals surface area contributed by atoms with E-state index in [2.05, 4.69) is 86.0 Å². The minimum atomic E-state index is 0.347. The zero-order valence-corrected chi connectivity index (χ0v) is 14.4. The lowest BCUT2D eigenvalue weighted by molar-refractivity contribution is 0.348. The molecule has 0 atom stereocenters. The number of hydrogen-bond donors (Lipinski definition) is 0. The third-order valence-electron chi connectivity index (χ3n) is 3.82. The highest BCUT2D eigenvalue weighted by atomic mass is 32.2. The quantitative estimate of drug-likeness (QED) is 0.553. The molecule has 0 aliphatic carbocycles. The SMILES string of the molecule is CC(C)(C)CCn1c(Sc2ccccc2)cc2ccccc21. The van der Waals surface area contributed by atoms with Crippen molar-refractivity contribution in [3.05, 3.63) is 60.7 Å². The van der Waals surface area contributed by atoms with Gasteiger partial charge in [0, 0.05) is 22.3 Å². The van der Waals surface area contributed by atoms with Gasteiger partial charge in [-0.25, -0.2) is 0 Å². The van der Waals surface area contributed by atoms with E-state index < -0.39 is 0 Å². The minimum absolute atomic E-state index is 0.347. The first-order valence-electron chi connectivity index (χ1n) is 7.84. The Morgan fingerprint density at radius 3 is 2.32 bits per heavy atom. The monoisotopic (exact) mass is 309 g/mol. The number of hydrogen-bond acceptors (Lipinski definition) is 1. The van der Waals surface area contributed by atoms with Crippen molar-refractivity contribution in [2.45, 2.75) is 43.7 Å². The summed E-state index contributed by atoms with van der Waals surface area (Å²) in [7, 11) is 0. The van der Waals surface area contributed by atoms with E-state index in [0.717, 1.165) is 6.54 Å². The fraction of sp³-hybridized carbons (Fsp3) is 0.300. The maximum Gasteiger partial charge on any atom is 0.0807 e. The molecule has 2 aromatic carbocycles. The maximum absolute atomic E-state index is 2.47. The lowest BCUT2D eigenvalue weighted by Crippen LogP contribution is -2.10. The predicted molar refractivity (Wildman–Crippen MR) is 96.6 cm³/mol. The zero-order chi connectivity index (χ0) is 15.6. The number of fused-ring (bicyclic) bond motifs is 1. The Morgan fingerprint density at radius 1 is 0.909 bits per heavy atom. The van der Waals surface area contributed by atoms with E-state index in [-0.39, 0.29) is 0 Å².